The molecular weight excluding hydrogens is 168 g/mol. The first-order valence-corrected chi connectivity index (χ1v) is 6.18. The normalized spacial score (nSPS) is 46.4. The number of fused-ring (bicyclic) bond motifs is 1. The van der Waals surface area contributed by atoms with Crippen molar-refractivity contribution in [3.63, 3.8) is 0 Å². The van der Waals surface area contributed by atoms with E-state index in [1.165, 1.54) is 32.1 Å². The highest BCUT2D eigenvalue weighted by Crippen LogP contribution is 2.66. The Morgan fingerprint density at radius 1 is 1.07 bits per heavy atom. The third kappa shape index (κ3) is 1.12. The molecule has 3 rings (SSSR count). The maximum Gasteiger partial charge on any atom is -0.00407 e. The van der Waals surface area contributed by atoms with E-state index in [0.29, 0.717) is 5.41 Å². The second-order valence-corrected chi connectivity index (χ2v) is 5.56. The summed E-state index contributed by atoms with van der Waals surface area (Å²) in [6, 6.07) is 0. The highest BCUT2D eigenvalue weighted by molar-refractivity contribution is 5.32. The van der Waals surface area contributed by atoms with Crippen LogP contribution >= 0.6 is 0 Å². The average Bonchev–Trinajstić information content (AvgIpc) is 2.85. The lowest BCUT2D eigenvalue weighted by molar-refractivity contribution is 0.297. The second kappa shape index (κ2) is 2.98. The molecule has 0 heterocycles. The van der Waals surface area contributed by atoms with Crippen LogP contribution in [-0.2, 0) is 0 Å². The lowest BCUT2D eigenvalue weighted by Crippen LogP contribution is -2.11. The molecule has 3 atom stereocenters. The molecule has 2 fully saturated rings. The minimum Gasteiger partial charge on any atom is -0.0802 e. The summed E-state index contributed by atoms with van der Waals surface area (Å²) in [6.07, 6.45) is 16.8. The molecule has 0 aliphatic heterocycles. The van der Waals surface area contributed by atoms with Crippen LogP contribution in [-0.4, -0.2) is 0 Å². The van der Waals surface area contributed by atoms with Gasteiger partial charge in [0, 0.05) is 0 Å². The van der Waals surface area contributed by atoms with Crippen LogP contribution in [0.1, 0.15) is 39.0 Å². The van der Waals surface area contributed by atoms with E-state index < -0.39 is 0 Å². The quantitative estimate of drug-likeness (QED) is 0.584. The van der Waals surface area contributed by atoms with E-state index in [9.17, 15) is 0 Å². The summed E-state index contributed by atoms with van der Waals surface area (Å²) in [5.41, 5.74) is 0.552. The Labute approximate surface area is 87.1 Å². The number of hydrogen-bond acceptors (Lipinski definition) is 0. The van der Waals surface area contributed by atoms with Gasteiger partial charge in [-0.15, -0.1) is 0 Å². The zero-order valence-corrected chi connectivity index (χ0v) is 9.08. The molecule has 3 aliphatic rings. The standard InChI is InChI=1S/C14H20/c1-14-10-6-5-9-12(14)13(14)11-7-3-2-4-8-11/h5-6,9-13H,2-4,7-8H2,1H3. The molecule has 0 aromatic rings. The van der Waals surface area contributed by atoms with E-state index in [4.69, 9.17) is 0 Å². The molecule has 76 valence electrons. The molecule has 0 heteroatoms. The predicted octanol–water partition coefficient (Wildman–Crippen LogP) is 3.95. The summed E-state index contributed by atoms with van der Waals surface area (Å²) in [6.45, 7) is 2.46. The molecular formula is C14H20. The number of hydrogen-bond donors (Lipinski definition) is 0. The largest absolute Gasteiger partial charge is 0.0802 e. The summed E-state index contributed by atoms with van der Waals surface area (Å²) in [4.78, 5) is 0. The molecule has 3 aliphatic carbocycles. The van der Waals surface area contributed by atoms with Crippen LogP contribution in [0.25, 0.3) is 0 Å². The Hall–Kier alpha value is -0.520. The summed E-state index contributed by atoms with van der Waals surface area (Å²) in [5, 5.41) is 0. The Morgan fingerprint density at radius 3 is 2.50 bits per heavy atom. The van der Waals surface area contributed by atoms with E-state index in [-0.39, 0.29) is 0 Å². The summed E-state index contributed by atoms with van der Waals surface area (Å²) in [7, 11) is 0. The molecule has 14 heavy (non-hydrogen) atoms. The first-order valence-electron chi connectivity index (χ1n) is 6.18. The van der Waals surface area contributed by atoms with Crippen molar-refractivity contribution in [1.82, 2.24) is 0 Å². The van der Waals surface area contributed by atoms with Crippen molar-refractivity contribution in [1.29, 1.82) is 0 Å². The Bertz CT molecular complexity index is 280. The molecule has 3 unspecified atom stereocenters. The highest BCUT2D eigenvalue weighted by Gasteiger charge is 2.60. The fourth-order valence-electron chi connectivity index (χ4n) is 3.89. The third-order valence-electron chi connectivity index (χ3n) is 4.76. The van der Waals surface area contributed by atoms with Gasteiger partial charge in [0.2, 0.25) is 0 Å². The van der Waals surface area contributed by atoms with Gasteiger partial charge in [0.1, 0.15) is 0 Å². The Kier molecular flexibility index (Phi) is 1.87. The van der Waals surface area contributed by atoms with Crippen molar-refractivity contribution in [2.75, 3.05) is 0 Å². The van der Waals surface area contributed by atoms with Crippen molar-refractivity contribution in [3.8, 4) is 0 Å². The smallest absolute Gasteiger partial charge is 0.00407 e. The fourth-order valence-corrected chi connectivity index (χ4v) is 3.89. The molecule has 0 bridgehead atoms. The summed E-state index contributed by atoms with van der Waals surface area (Å²) in [5.74, 6) is 2.90. The minimum absolute atomic E-state index is 0.552. The number of allylic oxidation sites excluding steroid dienone is 4. The monoisotopic (exact) mass is 188 g/mol. The Balaban J connectivity index is 1.75. The summed E-state index contributed by atoms with van der Waals surface area (Å²) >= 11 is 0. The molecule has 0 saturated heterocycles. The van der Waals surface area contributed by atoms with Gasteiger partial charge in [-0.3, -0.25) is 0 Å². The van der Waals surface area contributed by atoms with Gasteiger partial charge in [0.25, 0.3) is 0 Å². The van der Waals surface area contributed by atoms with E-state index in [1.54, 1.807) is 0 Å². The van der Waals surface area contributed by atoms with Crippen molar-refractivity contribution in [3.05, 3.63) is 24.3 Å². The first-order chi connectivity index (χ1) is 6.82. The molecule has 0 aromatic carbocycles. The van der Waals surface area contributed by atoms with Gasteiger partial charge < -0.3 is 0 Å². The molecule has 0 amide bonds. The first kappa shape index (κ1) is 8.76. The van der Waals surface area contributed by atoms with Crippen LogP contribution in [0.3, 0.4) is 0 Å². The van der Waals surface area contributed by atoms with Crippen molar-refractivity contribution >= 4 is 0 Å². The van der Waals surface area contributed by atoms with E-state index in [2.05, 4.69) is 31.2 Å². The topological polar surface area (TPSA) is 0 Å². The minimum atomic E-state index is 0.552. The molecule has 0 aromatic heterocycles. The van der Waals surface area contributed by atoms with Gasteiger partial charge in [-0.05, 0) is 23.2 Å². The van der Waals surface area contributed by atoms with Crippen molar-refractivity contribution < 1.29 is 0 Å². The van der Waals surface area contributed by atoms with Gasteiger partial charge in [0.15, 0.2) is 0 Å². The maximum atomic E-state index is 2.46. The molecule has 0 N–H and O–H groups in total. The van der Waals surface area contributed by atoms with Gasteiger partial charge in [-0.2, -0.15) is 0 Å². The second-order valence-electron chi connectivity index (χ2n) is 5.56. The van der Waals surface area contributed by atoms with Crippen molar-refractivity contribution in [2.45, 2.75) is 39.0 Å². The van der Waals surface area contributed by atoms with Gasteiger partial charge in [-0.25, -0.2) is 0 Å². The fraction of sp³-hybridized carbons (Fsp3) is 0.714. The molecule has 0 spiro atoms. The van der Waals surface area contributed by atoms with E-state index in [0.717, 1.165) is 17.8 Å². The van der Waals surface area contributed by atoms with Crippen LogP contribution in [0.4, 0.5) is 0 Å². The van der Waals surface area contributed by atoms with Crippen LogP contribution < -0.4 is 0 Å². The predicted molar refractivity (Wildman–Crippen MR) is 59.9 cm³/mol. The van der Waals surface area contributed by atoms with E-state index in [1.807, 2.05) is 0 Å². The van der Waals surface area contributed by atoms with E-state index >= 15 is 0 Å². The van der Waals surface area contributed by atoms with Crippen LogP contribution in [0.15, 0.2) is 24.3 Å². The van der Waals surface area contributed by atoms with Crippen molar-refractivity contribution in [2.24, 2.45) is 23.2 Å². The van der Waals surface area contributed by atoms with Crippen LogP contribution in [0, 0.1) is 23.2 Å². The number of rotatable bonds is 1. The molecule has 2 saturated carbocycles. The van der Waals surface area contributed by atoms with Crippen LogP contribution in [0.2, 0.25) is 0 Å². The SMILES string of the molecule is CC12C=CC=CC1C2C1CCCCC1. The maximum absolute atomic E-state index is 2.46. The summed E-state index contributed by atoms with van der Waals surface area (Å²) < 4.78 is 0. The van der Waals surface area contributed by atoms with Gasteiger partial charge >= 0.3 is 0 Å². The van der Waals surface area contributed by atoms with Gasteiger partial charge in [0.05, 0.1) is 0 Å². The molecule has 0 radical (unpaired) electrons. The van der Waals surface area contributed by atoms with Crippen LogP contribution in [0.5, 0.6) is 0 Å². The average molecular weight is 188 g/mol. The third-order valence-corrected chi connectivity index (χ3v) is 4.76. The highest BCUT2D eigenvalue weighted by atomic mass is 14.6. The lowest BCUT2D eigenvalue weighted by atomic mass is 9.83. The lowest BCUT2D eigenvalue weighted by Gasteiger charge is -2.22. The Morgan fingerprint density at radius 2 is 1.86 bits per heavy atom. The molecule has 0 nitrogen and oxygen atoms in total. The zero-order chi connectivity index (χ0) is 9.60. The zero-order valence-electron chi connectivity index (χ0n) is 9.08. The van der Waals surface area contributed by atoms with Gasteiger partial charge in [-0.1, -0.05) is 63.3 Å².